The van der Waals surface area contributed by atoms with Gasteiger partial charge >= 0.3 is 0 Å². The molecule has 0 spiro atoms. The van der Waals surface area contributed by atoms with E-state index in [9.17, 15) is 0 Å². The number of benzene rings is 1. The zero-order chi connectivity index (χ0) is 13.1. The molecular formula is C14H15ClN2OS. The van der Waals surface area contributed by atoms with E-state index in [0.717, 1.165) is 17.9 Å². The molecule has 100 valence electrons. The number of halogens is 1. The van der Waals surface area contributed by atoms with Crippen molar-refractivity contribution < 1.29 is 4.42 Å². The number of hydrogen-bond donors (Lipinski definition) is 0. The first-order valence-corrected chi connectivity index (χ1v) is 7.97. The van der Waals surface area contributed by atoms with Gasteiger partial charge < -0.3 is 4.42 Å². The molecule has 0 saturated carbocycles. The van der Waals surface area contributed by atoms with Crippen LogP contribution in [0.3, 0.4) is 0 Å². The Labute approximate surface area is 121 Å². The maximum Gasteiger partial charge on any atom is 0.238 e. The Morgan fingerprint density at radius 1 is 1.21 bits per heavy atom. The molecule has 0 amide bonds. The molecule has 1 aromatic heterocycles. The van der Waals surface area contributed by atoms with E-state index in [1.54, 1.807) is 0 Å². The maximum atomic E-state index is 6.38. The second kappa shape index (κ2) is 5.97. The van der Waals surface area contributed by atoms with Gasteiger partial charge in [-0.1, -0.05) is 36.8 Å². The molecule has 2 atom stereocenters. The molecule has 3 nitrogen and oxygen atoms in total. The van der Waals surface area contributed by atoms with Crippen molar-refractivity contribution in [2.24, 2.45) is 0 Å². The van der Waals surface area contributed by atoms with Crippen LogP contribution in [0.1, 0.15) is 47.2 Å². The van der Waals surface area contributed by atoms with Crippen molar-refractivity contribution in [2.75, 3.05) is 5.75 Å². The minimum absolute atomic E-state index is 0.342. The van der Waals surface area contributed by atoms with E-state index >= 15 is 0 Å². The fourth-order valence-corrected chi connectivity index (χ4v) is 3.64. The largest absolute Gasteiger partial charge is 0.422 e. The molecule has 2 unspecified atom stereocenters. The molecule has 19 heavy (non-hydrogen) atoms. The molecule has 0 bridgehead atoms. The van der Waals surface area contributed by atoms with Crippen LogP contribution in [-0.2, 0) is 0 Å². The Morgan fingerprint density at radius 3 is 2.79 bits per heavy atom. The third kappa shape index (κ3) is 2.95. The van der Waals surface area contributed by atoms with Gasteiger partial charge in [-0.2, -0.15) is 0 Å². The molecule has 5 heteroatoms. The molecule has 1 aliphatic rings. The van der Waals surface area contributed by atoms with E-state index in [-0.39, 0.29) is 5.38 Å². The van der Waals surface area contributed by atoms with Gasteiger partial charge in [0.25, 0.3) is 0 Å². The summed E-state index contributed by atoms with van der Waals surface area (Å²) in [7, 11) is 0. The van der Waals surface area contributed by atoms with Gasteiger partial charge in [0.05, 0.1) is 5.25 Å². The van der Waals surface area contributed by atoms with Crippen molar-refractivity contribution in [2.45, 2.75) is 29.9 Å². The molecule has 2 aromatic rings. The molecule has 0 aliphatic carbocycles. The first kappa shape index (κ1) is 13.0. The summed E-state index contributed by atoms with van der Waals surface area (Å²) in [6.07, 6.45) is 3.63. The van der Waals surface area contributed by atoms with Gasteiger partial charge in [-0.15, -0.1) is 33.6 Å². The first-order chi connectivity index (χ1) is 9.34. The molecule has 1 aliphatic heterocycles. The standard InChI is InChI=1S/C14H15ClN2OS/c15-12(10-6-2-1-3-7-10)14-17-16-13(18-14)11-8-4-5-9-19-11/h1-3,6-7,11-12H,4-5,8-9H2. The van der Waals surface area contributed by atoms with Crippen LogP contribution in [0.4, 0.5) is 0 Å². The van der Waals surface area contributed by atoms with E-state index in [1.165, 1.54) is 18.6 Å². The fraction of sp³-hybridized carbons (Fsp3) is 0.429. The first-order valence-electron chi connectivity index (χ1n) is 6.48. The zero-order valence-corrected chi connectivity index (χ0v) is 12.0. The van der Waals surface area contributed by atoms with Crippen LogP contribution in [0.25, 0.3) is 0 Å². The Hall–Kier alpha value is -1.00. The van der Waals surface area contributed by atoms with E-state index in [4.69, 9.17) is 16.0 Å². The van der Waals surface area contributed by atoms with Gasteiger partial charge in [0.15, 0.2) is 0 Å². The predicted octanol–water partition coefficient (Wildman–Crippen LogP) is 4.36. The average Bonchev–Trinajstić information content (AvgIpc) is 2.98. The molecule has 2 heterocycles. The van der Waals surface area contributed by atoms with Crippen molar-refractivity contribution in [3.05, 3.63) is 47.7 Å². The van der Waals surface area contributed by atoms with Gasteiger partial charge in [-0.05, 0) is 24.2 Å². The second-order valence-corrected chi connectivity index (χ2v) is 6.35. The van der Waals surface area contributed by atoms with Crippen LogP contribution in [0, 0.1) is 0 Å². The SMILES string of the molecule is ClC(c1ccccc1)c1nnc(C2CCCCS2)o1. The third-order valence-electron chi connectivity index (χ3n) is 3.22. The summed E-state index contributed by atoms with van der Waals surface area (Å²) in [5.74, 6) is 2.39. The molecule has 0 radical (unpaired) electrons. The van der Waals surface area contributed by atoms with Crippen LogP contribution >= 0.6 is 23.4 Å². The van der Waals surface area contributed by atoms with Gasteiger partial charge in [0.1, 0.15) is 5.38 Å². The topological polar surface area (TPSA) is 38.9 Å². The number of alkyl halides is 1. The average molecular weight is 295 g/mol. The van der Waals surface area contributed by atoms with Crippen LogP contribution in [0.5, 0.6) is 0 Å². The molecule has 0 N–H and O–H groups in total. The van der Waals surface area contributed by atoms with Crippen LogP contribution in [0.2, 0.25) is 0 Å². The maximum absolute atomic E-state index is 6.38. The van der Waals surface area contributed by atoms with Crippen molar-refractivity contribution in [3.63, 3.8) is 0 Å². The highest BCUT2D eigenvalue weighted by Crippen LogP contribution is 2.38. The Morgan fingerprint density at radius 2 is 2.05 bits per heavy atom. The van der Waals surface area contributed by atoms with Gasteiger partial charge in [-0.3, -0.25) is 0 Å². The Balaban J connectivity index is 1.77. The lowest BCUT2D eigenvalue weighted by molar-refractivity contribution is 0.440. The van der Waals surface area contributed by atoms with Crippen molar-refractivity contribution in [3.8, 4) is 0 Å². The summed E-state index contributed by atoms with van der Waals surface area (Å²) in [6, 6.07) is 9.82. The summed E-state index contributed by atoms with van der Waals surface area (Å²) in [5.41, 5.74) is 0.982. The van der Waals surface area contributed by atoms with E-state index < -0.39 is 0 Å². The van der Waals surface area contributed by atoms with Crippen molar-refractivity contribution in [1.29, 1.82) is 0 Å². The third-order valence-corrected chi connectivity index (χ3v) is 5.02. The van der Waals surface area contributed by atoms with Gasteiger partial charge in [0.2, 0.25) is 11.8 Å². The normalized spacial score (nSPS) is 21.2. The monoisotopic (exact) mass is 294 g/mol. The van der Waals surface area contributed by atoms with Gasteiger partial charge in [0, 0.05) is 0 Å². The quantitative estimate of drug-likeness (QED) is 0.789. The number of hydrogen-bond acceptors (Lipinski definition) is 4. The Bertz CT molecular complexity index is 525. The number of thioether (sulfide) groups is 1. The van der Waals surface area contributed by atoms with Crippen LogP contribution in [-0.4, -0.2) is 16.0 Å². The lowest BCUT2D eigenvalue weighted by Crippen LogP contribution is -2.02. The summed E-state index contributed by atoms with van der Waals surface area (Å²) in [5, 5.41) is 8.25. The summed E-state index contributed by atoms with van der Waals surface area (Å²) in [4.78, 5) is 0. The highest BCUT2D eigenvalue weighted by Gasteiger charge is 2.24. The van der Waals surface area contributed by atoms with E-state index in [0.29, 0.717) is 11.1 Å². The summed E-state index contributed by atoms with van der Waals surface area (Å²) >= 11 is 8.28. The number of aromatic nitrogens is 2. The minimum Gasteiger partial charge on any atom is -0.422 e. The fourth-order valence-electron chi connectivity index (χ4n) is 2.18. The highest BCUT2D eigenvalue weighted by molar-refractivity contribution is 7.99. The van der Waals surface area contributed by atoms with E-state index in [1.807, 2.05) is 42.1 Å². The predicted molar refractivity (Wildman–Crippen MR) is 77.5 cm³/mol. The van der Waals surface area contributed by atoms with Crippen molar-refractivity contribution >= 4 is 23.4 Å². The Kier molecular flexibility index (Phi) is 4.09. The summed E-state index contributed by atoms with van der Waals surface area (Å²) < 4.78 is 5.76. The zero-order valence-electron chi connectivity index (χ0n) is 10.5. The number of rotatable bonds is 3. The lowest BCUT2D eigenvalue weighted by Gasteiger charge is -2.17. The molecule has 1 fully saturated rings. The smallest absolute Gasteiger partial charge is 0.238 e. The number of nitrogens with zero attached hydrogens (tertiary/aromatic N) is 2. The van der Waals surface area contributed by atoms with E-state index in [2.05, 4.69) is 10.2 Å². The molecule has 1 saturated heterocycles. The molecule has 3 rings (SSSR count). The van der Waals surface area contributed by atoms with Gasteiger partial charge in [-0.25, -0.2) is 0 Å². The van der Waals surface area contributed by atoms with Crippen molar-refractivity contribution in [1.82, 2.24) is 10.2 Å². The lowest BCUT2D eigenvalue weighted by atomic mass is 10.1. The summed E-state index contributed by atoms with van der Waals surface area (Å²) in [6.45, 7) is 0. The molecular weight excluding hydrogens is 280 g/mol. The van der Waals surface area contributed by atoms with Crippen LogP contribution in [0.15, 0.2) is 34.7 Å². The molecule has 1 aromatic carbocycles. The second-order valence-electron chi connectivity index (χ2n) is 4.61. The van der Waals surface area contributed by atoms with Crippen LogP contribution < -0.4 is 0 Å². The minimum atomic E-state index is -0.365. The highest BCUT2D eigenvalue weighted by atomic mass is 35.5.